The van der Waals surface area contributed by atoms with E-state index in [2.05, 4.69) is 42.7 Å². The van der Waals surface area contributed by atoms with Gasteiger partial charge in [-0.2, -0.15) is 0 Å². The molecule has 40 heavy (non-hydrogen) atoms. The first-order valence-corrected chi connectivity index (χ1v) is 14.7. The fourth-order valence-electron chi connectivity index (χ4n) is 5.06. The number of imidazole rings is 1. The normalized spacial score (nSPS) is 13.5. The van der Waals surface area contributed by atoms with Gasteiger partial charge in [-0.1, -0.05) is 36.4 Å². The first-order chi connectivity index (χ1) is 19.6. The highest BCUT2D eigenvalue weighted by molar-refractivity contribution is 7.11. The Morgan fingerprint density at radius 2 is 1.93 bits per heavy atom. The molecule has 0 saturated heterocycles. The Bertz CT molecular complexity index is 1870. The molecule has 0 spiro atoms. The van der Waals surface area contributed by atoms with Gasteiger partial charge < -0.3 is 4.98 Å². The molecule has 0 aliphatic carbocycles. The molecule has 6 aromatic rings. The lowest BCUT2D eigenvalue weighted by molar-refractivity contribution is 0.0992. The van der Waals surface area contributed by atoms with E-state index in [1.54, 1.807) is 41.0 Å². The molecule has 0 saturated carbocycles. The van der Waals surface area contributed by atoms with E-state index < -0.39 is 0 Å². The Balaban J connectivity index is 1.07. The number of benzene rings is 2. The van der Waals surface area contributed by atoms with Crippen molar-refractivity contribution in [3.63, 3.8) is 0 Å². The largest absolute Gasteiger partial charge is 0.324 e. The fourth-order valence-corrected chi connectivity index (χ4v) is 6.97. The van der Waals surface area contributed by atoms with Gasteiger partial charge in [0, 0.05) is 53.0 Å². The number of carbonyl (C=O) groups excluding carboxylic acids is 2. The Labute approximate surface area is 237 Å². The zero-order chi connectivity index (χ0) is 27.1. The summed E-state index contributed by atoms with van der Waals surface area (Å²) in [5, 5.41) is 7.62. The minimum atomic E-state index is -0.376. The summed E-state index contributed by atoms with van der Waals surface area (Å²) in [4.78, 5) is 48.1. The van der Waals surface area contributed by atoms with E-state index in [-0.39, 0.29) is 29.8 Å². The van der Waals surface area contributed by atoms with Crippen molar-refractivity contribution in [1.82, 2.24) is 24.8 Å². The molecule has 198 valence electrons. The SMILES string of the molecule is O=C(Nc1nc2c(C(=O)Cc3nc4c(s3)CN(Cc3cccs3)CC4)cccc2[nH]1)c1cc2ccccc2cn1. The van der Waals surface area contributed by atoms with Crippen LogP contribution in [-0.4, -0.2) is 43.1 Å². The van der Waals surface area contributed by atoms with E-state index in [4.69, 9.17) is 4.98 Å². The molecule has 0 fully saturated rings. The number of hydrogen-bond acceptors (Lipinski definition) is 8. The van der Waals surface area contributed by atoms with Crippen LogP contribution in [0.2, 0.25) is 0 Å². The quantitative estimate of drug-likeness (QED) is 0.235. The summed E-state index contributed by atoms with van der Waals surface area (Å²) >= 11 is 3.41. The number of hydrogen-bond donors (Lipinski definition) is 2. The summed E-state index contributed by atoms with van der Waals surface area (Å²) in [5.41, 5.74) is 3.11. The van der Waals surface area contributed by atoms with E-state index in [1.807, 2.05) is 36.4 Å². The minimum absolute atomic E-state index is 0.0484. The molecule has 0 bridgehead atoms. The summed E-state index contributed by atoms with van der Waals surface area (Å²) in [6.45, 7) is 2.78. The van der Waals surface area contributed by atoms with Gasteiger partial charge in [0.2, 0.25) is 5.95 Å². The number of carbonyl (C=O) groups is 2. The molecular weight excluding hydrogens is 541 g/mol. The van der Waals surface area contributed by atoms with Crippen LogP contribution in [0.25, 0.3) is 21.8 Å². The second-order valence-corrected chi connectivity index (χ2v) is 12.0. The molecule has 2 aromatic carbocycles. The molecule has 7 rings (SSSR count). The summed E-state index contributed by atoms with van der Waals surface area (Å²) in [5.74, 6) is -0.155. The number of thiazole rings is 1. The predicted molar refractivity (Wildman–Crippen MR) is 158 cm³/mol. The number of nitrogens with zero attached hydrogens (tertiary/aromatic N) is 4. The summed E-state index contributed by atoms with van der Waals surface area (Å²) in [6, 6.07) is 19.2. The molecule has 8 nitrogen and oxygen atoms in total. The van der Waals surface area contributed by atoms with Gasteiger partial charge in [0.1, 0.15) is 16.2 Å². The highest BCUT2D eigenvalue weighted by Gasteiger charge is 2.23. The molecular formula is C30H24N6O2S2. The standard InChI is InChI=1S/C30H24N6O2S2/c37-25(14-27-32-22-10-11-36(17-26(22)40-27)16-20-7-4-12-39-20)21-8-3-9-23-28(21)34-30(33-23)35-29(38)24-13-18-5-1-2-6-19(18)15-31-24/h1-9,12-13,15H,10-11,14,16-17H2,(H2,33,34,35,38). The van der Waals surface area contributed by atoms with E-state index in [9.17, 15) is 9.59 Å². The monoisotopic (exact) mass is 564 g/mol. The maximum atomic E-state index is 13.4. The van der Waals surface area contributed by atoms with E-state index in [0.717, 1.165) is 47.5 Å². The predicted octanol–water partition coefficient (Wildman–Crippen LogP) is 5.87. The van der Waals surface area contributed by atoms with Crippen LogP contribution < -0.4 is 5.32 Å². The van der Waals surface area contributed by atoms with Crippen LogP contribution >= 0.6 is 22.7 Å². The van der Waals surface area contributed by atoms with Crippen molar-refractivity contribution in [3.8, 4) is 0 Å². The number of aromatic nitrogens is 4. The van der Waals surface area contributed by atoms with Crippen LogP contribution in [0.15, 0.2) is 72.2 Å². The maximum absolute atomic E-state index is 13.4. The first-order valence-electron chi connectivity index (χ1n) is 13.0. The number of para-hydroxylation sites is 1. The Hall–Kier alpha value is -4.25. The number of nitrogens with one attached hydrogen (secondary N) is 2. The number of H-pyrrole nitrogens is 1. The lowest BCUT2D eigenvalue weighted by Gasteiger charge is -2.25. The number of rotatable bonds is 7. The Morgan fingerprint density at radius 3 is 2.80 bits per heavy atom. The number of amides is 1. The number of anilines is 1. The number of thiophene rings is 1. The van der Waals surface area contributed by atoms with E-state index in [0.29, 0.717) is 16.6 Å². The molecule has 4 aromatic heterocycles. The Kier molecular flexibility index (Phi) is 6.43. The zero-order valence-corrected chi connectivity index (χ0v) is 23.0. The van der Waals surface area contributed by atoms with Gasteiger partial charge in [-0.3, -0.25) is 24.8 Å². The van der Waals surface area contributed by atoms with Gasteiger partial charge in [-0.15, -0.1) is 22.7 Å². The minimum Gasteiger partial charge on any atom is -0.324 e. The van der Waals surface area contributed by atoms with Crippen LogP contribution in [0.3, 0.4) is 0 Å². The zero-order valence-electron chi connectivity index (χ0n) is 21.4. The molecule has 1 aliphatic rings. The molecule has 1 aliphatic heterocycles. The molecule has 0 unspecified atom stereocenters. The van der Waals surface area contributed by atoms with Crippen molar-refractivity contribution in [2.24, 2.45) is 0 Å². The number of fused-ring (bicyclic) bond motifs is 3. The van der Waals surface area contributed by atoms with Crippen LogP contribution in [0.5, 0.6) is 0 Å². The summed E-state index contributed by atoms with van der Waals surface area (Å²) in [6.07, 6.45) is 2.80. The van der Waals surface area contributed by atoms with Gasteiger partial charge in [0.15, 0.2) is 5.78 Å². The van der Waals surface area contributed by atoms with E-state index in [1.165, 1.54) is 9.75 Å². The number of Topliss-reactive ketones (excluding diaryl/α,β-unsaturated/α-hetero) is 1. The summed E-state index contributed by atoms with van der Waals surface area (Å²) < 4.78 is 0. The molecule has 2 N–H and O–H groups in total. The van der Waals surface area contributed by atoms with Crippen molar-refractivity contribution in [2.45, 2.75) is 25.9 Å². The highest BCUT2D eigenvalue weighted by atomic mass is 32.1. The molecule has 10 heteroatoms. The average Bonchev–Trinajstić information content (AvgIpc) is 3.72. The highest BCUT2D eigenvalue weighted by Crippen LogP contribution is 2.28. The maximum Gasteiger partial charge on any atom is 0.276 e. The molecule has 5 heterocycles. The van der Waals surface area contributed by atoms with Gasteiger partial charge in [-0.05, 0) is 35.0 Å². The van der Waals surface area contributed by atoms with E-state index >= 15 is 0 Å². The van der Waals surface area contributed by atoms with Crippen LogP contribution in [0.1, 0.15) is 41.3 Å². The van der Waals surface area contributed by atoms with Gasteiger partial charge in [0.05, 0.1) is 17.6 Å². The number of pyridine rings is 1. The van der Waals surface area contributed by atoms with Crippen molar-refractivity contribution in [3.05, 3.63) is 104 Å². The lowest BCUT2D eigenvalue weighted by atomic mass is 10.1. The second-order valence-electron chi connectivity index (χ2n) is 9.78. The molecule has 0 radical (unpaired) electrons. The first kappa shape index (κ1) is 24.8. The Morgan fingerprint density at radius 1 is 1.02 bits per heavy atom. The van der Waals surface area contributed by atoms with Crippen LogP contribution in [0, 0.1) is 0 Å². The fraction of sp³-hybridized carbons (Fsp3) is 0.167. The molecule has 1 amide bonds. The van der Waals surface area contributed by atoms with Crippen LogP contribution in [0.4, 0.5) is 5.95 Å². The third kappa shape index (κ3) is 4.92. The van der Waals surface area contributed by atoms with Gasteiger partial charge >= 0.3 is 0 Å². The third-order valence-electron chi connectivity index (χ3n) is 7.03. The second kappa shape index (κ2) is 10.4. The summed E-state index contributed by atoms with van der Waals surface area (Å²) in [7, 11) is 0. The van der Waals surface area contributed by atoms with Crippen molar-refractivity contribution in [1.29, 1.82) is 0 Å². The van der Waals surface area contributed by atoms with Crippen molar-refractivity contribution in [2.75, 3.05) is 11.9 Å². The van der Waals surface area contributed by atoms with Crippen molar-refractivity contribution >= 4 is 62.1 Å². The molecule has 0 atom stereocenters. The number of ketones is 1. The topological polar surface area (TPSA) is 104 Å². The number of aromatic amines is 1. The average molecular weight is 565 g/mol. The lowest BCUT2D eigenvalue weighted by Crippen LogP contribution is -2.29. The third-order valence-corrected chi connectivity index (χ3v) is 8.98. The van der Waals surface area contributed by atoms with Gasteiger partial charge in [-0.25, -0.2) is 9.97 Å². The van der Waals surface area contributed by atoms with Gasteiger partial charge in [0.25, 0.3) is 5.91 Å². The smallest absolute Gasteiger partial charge is 0.276 e. The van der Waals surface area contributed by atoms with Crippen LogP contribution in [-0.2, 0) is 25.9 Å². The van der Waals surface area contributed by atoms with Crippen molar-refractivity contribution < 1.29 is 9.59 Å².